The Bertz CT molecular complexity index is 1260. The minimum absolute atomic E-state index is 0.236. The SMILES string of the molecule is C=C(/C=C(C)/C=C/C=C(C)/C=C/C1=C(C)CCCC1(C)C)OC(=O)/C=C(C)/C=C/C=C(C)/C=C/C1=C(C)CCCC1(C)C.CC.CCC. The molecule has 0 aromatic rings. The van der Waals surface area contributed by atoms with Gasteiger partial charge in [-0.25, -0.2) is 4.79 Å². The molecule has 2 aliphatic rings. The average molecular weight is 655 g/mol. The Hall–Kier alpha value is -3.39. The summed E-state index contributed by atoms with van der Waals surface area (Å²) < 4.78 is 5.40. The second kappa shape index (κ2) is 23.0. The van der Waals surface area contributed by atoms with Crippen LogP contribution in [-0.2, 0) is 9.53 Å². The molecule has 0 amide bonds. The van der Waals surface area contributed by atoms with Crippen molar-refractivity contribution in [3.8, 4) is 0 Å². The molecule has 2 heteroatoms. The number of carbonyl (C=O) groups excluding carboxylic acids is 1. The zero-order chi connectivity index (χ0) is 36.9. The first-order valence-corrected chi connectivity index (χ1v) is 18.3. The van der Waals surface area contributed by atoms with Crippen LogP contribution in [0.3, 0.4) is 0 Å². The lowest BCUT2D eigenvalue weighted by Crippen LogP contribution is -2.19. The normalized spacial score (nSPS) is 19.1. The number of carbonyl (C=O) groups is 1. The molecule has 2 rings (SSSR count). The van der Waals surface area contributed by atoms with Crippen LogP contribution in [0.25, 0.3) is 0 Å². The largest absolute Gasteiger partial charge is 0.424 e. The van der Waals surface area contributed by atoms with Crippen molar-refractivity contribution in [3.63, 3.8) is 0 Å². The molecule has 0 aromatic heterocycles. The highest BCUT2D eigenvalue weighted by Crippen LogP contribution is 2.41. The molecule has 0 fully saturated rings. The van der Waals surface area contributed by atoms with Crippen molar-refractivity contribution in [2.75, 3.05) is 0 Å². The van der Waals surface area contributed by atoms with Crippen LogP contribution < -0.4 is 0 Å². The van der Waals surface area contributed by atoms with E-state index in [9.17, 15) is 4.79 Å². The quantitative estimate of drug-likeness (QED) is 0.0959. The van der Waals surface area contributed by atoms with E-state index in [0.717, 1.165) is 16.7 Å². The zero-order valence-corrected chi connectivity index (χ0v) is 33.4. The van der Waals surface area contributed by atoms with Gasteiger partial charge in [0.15, 0.2) is 0 Å². The summed E-state index contributed by atoms with van der Waals surface area (Å²) in [7, 11) is 0. The predicted octanol–water partition coefficient (Wildman–Crippen LogP) is 14.5. The van der Waals surface area contributed by atoms with Crippen LogP contribution in [0, 0.1) is 10.8 Å². The van der Waals surface area contributed by atoms with Crippen LogP contribution in [0.15, 0.2) is 130 Å². The van der Waals surface area contributed by atoms with Gasteiger partial charge >= 0.3 is 5.97 Å². The third kappa shape index (κ3) is 17.7. The van der Waals surface area contributed by atoms with Crippen LogP contribution in [0.5, 0.6) is 0 Å². The number of rotatable bonds is 11. The van der Waals surface area contributed by atoms with E-state index in [1.54, 1.807) is 6.08 Å². The van der Waals surface area contributed by atoms with E-state index in [4.69, 9.17) is 4.74 Å². The Labute approximate surface area is 297 Å². The Morgan fingerprint density at radius 1 is 0.688 bits per heavy atom. The summed E-state index contributed by atoms with van der Waals surface area (Å²) in [5.41, 5.74) is 10.5. The molecule has 0 bridgehead atoms. The second-order valence-corrected chi connectivity index (χ2v) is 14.4. The highest BCUT2D eigenvalue weighted by molar-refractivity contribution is 5.84. The third-order valence-corrected chi connectivity index (χ3v) is 8.51. The summed E-state index contributed by atoms with van der Waals surface area (Å²) in [4.78, 5) is 12.4. The summed E-state index contributed by atoms with van der Waals surface area (Å²) in [5, 5.41) is 0. The van der Waals surface area contributed by atoms with Crippen LogP contribution >= 0.6 is 0 Å². The zero-order valence-electron chi connectivity index (χ0n) is 33.4. The van der Waals surface area contributed by atoms with Gasteiger partial charge in [0.1, 0.15) is 5.76 Å². The summed E-state index contributed by atoms with van der Waals surface area (Å²) in [6.07, 6.45) is 32.9. The molecular weight excluding hydrogens is 585 g/mol. The molecule has 2 nitrogen and oxygen atoms in total. The van der Waals surface area contributed by atoms with Crippen LogP contribution in [0.1, 0.15) is 142 Å². The molecule has 266 valence electrons. The topological polar surface area (TPSA) is 26.3 Å². The van der Waals surface area contributed by atoms with E-state index < -0.39 is 5.97 Å². The van der Waals surface area contributed by atoms with Gasteiger partial charge in [-0.1, -0.05) is 151 Å². The molecule has 0 N–H and O–H groups in total. The molecule has 0 aliphatic heterocycles. The second-order valence-electron chi connectivity index (χ2n) is 14.4. The maximum absolute atomic E-state index is 12.4. The molecule has 0 heterocycles. The lowest BCUT2D eigenvalue weighted by atomic mass is 9.72. The number of allylic oxidation sites excluding steroid dienone is 19. The minimum atomic E-state index is -0.432. The van der Waals surface area contributed by atoms with Gasteiger partial charge in [0, 0.05) is 6.08 Å². The van der Waals surface area contributed by atoms with Crippen LogP contribution in [-0.4, -0.2) is 5.97 Å². The molecule has 0 spiro atoms. The van der Waals surface area contributed by atoms with Gasteiger partial charge in [-0.15, -0.1) is 0 Å². The fraction of sp³-hybridized carbons (Fsp3) is 0.500. The Morgan fingerprint density at radius 3 is 1.44 bits per heavy atom. The molecule has 0 saturated carbocycles. The lowest BCUT2D eigenvalue weighted by molar-refractivity contribution is -0.133. The van der Waals surface area contributed by atoms with E-state index in [0.29, 0.717) is 5.76 Å². The third-order valence-electron chi connectivity index (χ3n) is 8.51. The van der Waals surface area contributed by atoms with E-state index in [1.165, 1.54) is 78.9 Å². The molecule has 48 heavy (non-hydrogen) atoms. The van der Waals surface area contributed by atoms with Gasteiger partial charge < -0.3 is 4.74 Å². The highest BCUT2D eigenvalue weighted by Gasteiger charge is 2.27. The van der Waals surface area contributed by atoms with Gasteiger partial charge in [-0.3, -0.25) is 0 Å². The molecule has 0 aromatic carbocycles. The van der Waals surface area contributed by atoms with Gasteiger partial charge in [0.2, 0.25) is 0 Å². The van der Waals surface area contributed by atoms with Crippen molar-refractivity contribution < 1.29 is 9.53 Å². The van der Waals surface area contributed by atoms with Crippen molar-refractivity contribution in [2.45, 2.75) is 142 Å². The highest BCUT2D eigenvalue weighted by atomic mass is 16.5. The van der Waals surface area contributed by atoms with Crippen molar-refractivity contribution in [1.82, 2.24) is 0 Å². The van der Waals surface area contributed by atoms with E-state index in [1.807, 2.05) is 52.0 Å². The Morgan fingerprint density at radius 2 is 1.06 bits per heavy atom. The molecular formula is C46H70O2. The fourth-order valence-corrected chi connectivity index (χ4v) is 5.99. The number of esters is 1. The van der Waals surface area contributed by atoms with Gasteiger partial charge in [-0.2, -0.15) is 0 Å². The standard InChI is InChI=1S/C41H56O2.C3H8.C2H6/c1-30(22-24-37-34(5)20-14-26-40(37,8)9)16-12-18-32(3)28-36(7)43-39(42)29-33(4)19-13-17-31(2)23-25-38-35(6)21-15-27-41(38,10)11;1-3-2;1-2/h12-13,16-19,22-25,28-29H,7,14-15,20-21,26-27H2,1-6,8-11H3;3H2,1-2H3;1-2H3/b18-12+,19-13+,24-22+,25-23+,30-16+,31-17+,32-28+,33-29+;;. The summed E-state index contributed by atoms with van der Waals surface area (Å²) in [5.74, 6) is -0.113. The van der Waals surface area contributed by atoms with Crippen molar-refractivity contribution in [3.05, 3.63) is 130 Å². The molecule has 0 radical (unpaired) electrons. The maximum Gasteiger partial charge on any atom is 0.336 e. The van der Waals surface area contributed by atoms with Crippen LogP contribution in [0.2, 0.25) is 0 Å². The molecule has 0 unspecified atom stereocenters. The minimum Gasteiger partial charge on any atom is -0.424 e. The first kappa shape index (κ1) is 44.6. The number of hydrogen-bond donors (Lipinski definition) is 0. The summed E-state index contributed by atoms with van der Waals surface area (Å²) in [6.45, 7) is 34.1. The number of hydrogen-bond acceptors (Lipinski definition) is 2. The Balaban J connectivity index is 0.00000417. The van der Waals surface area contributed by atoms with Crippen LogP contribution in [0.4, 0.5) is 0 Å². The summed E-state index contributed by atoms with van der Waals surface area (Å²) >= 11 is 0. The van der Waals surface area contributed by atoms with Crippen molar-refractivity contribution >= 4 is 5.97 Å². The first-order valence-electron chi connectivity index (χ1n) is 18.3. The first-order chi connectivity index (χ1) is 22.5. The number of ether oxygens (including phenoxy) is 1. The Kier molecular flexibility index (Phi) is 21.4. The van der Waals surface area contributed by atoms with E-state index in [-0.39, 0.29) is 10.8 Å². The van der Waals surface area contributed by atoms with Crippen molar-refractivity contribution in [2.24, 2.45) is 10.8 Å². The maximum atomic E-state index is 12.4. The van der Waals surface area contributed by atoms with E-state index in [2.05, 4.69) is 112 Å². The average Bonchev–Trinajstić information content (AvgIpc) is 2.97. The van der Waals surface area contributed by atoms with E-state index >= 15 is 0 Å². The van der Waals surface area contributed by atoms with Gasteiger partial charge in [0.25, 0.3) is 0 Å². The molecule has 0 atom stereocenters. The smallest absolute Gasteiger partial charge is 0.336 e. The summed E-state index contributed by atoms with van der Waals surface area (Å²) in [6, 6.07) is 0. The molecule has 2 aliphatic carbocycles. The monoisotopic (exact) mass is 655 g/mol. The fourth-order valence-electron chi connectivity index (χ4n) is 5.99. The molecule has 0 saturated heterocycles. The van der Waals surface area contributed by atoms with Gasteiger partial charge in [0.05, 0.1) is 0 Å². The predicted molar refractivity (Wildman–Crippen MR) is 215 cm³/mol. The van der Waals surface area contributed by atoms with Crippen molar-refractivity contribution in [1.29, 1.82) is 0 Å². The van der Waals surface area contributed by atoms with Gasteiger partial charge in [-0.05, 0) is 119 Å². The lowest BCUT2D eigenvalue weighted by Gasteiger charge is -2.33.